The van der Waals surface area contributed by atoms with Crippen LogP contribution in [0.4, 0.5) is 0 Å². The molecule has 1 unspecified atom stereocenters. The van der Waals surface area contributed by atoms with Crippen LogP contribution in [0.25, 0.3) is 0 Å². The first kappa shape index (κ1) is 15.4. The first-order valence-corrected chi connectivity index (χ1v) is 6.84. The highest BCUT2D eigenvalue weighted by Crippen LogP contribution is 2.07. The van der Waals surface area contributed by atoms with Gasteiger partial charge >= 0.3 is 0 Å². The Balaban J connectivity index is 2.53. The summed E-state index contributed by atoms with van der Waals surface area (Å²) in [6.45, 7) is 5.05. The van der Waals surface area contributed by atoms with Crippen LogP contribution in [0.15, 0.2) is 23.5 Å². The molecule has 0 bridgehead atoms. The van der Waals surface area contributed by atoms with Crippen molar-refractivity contribution in [1.29, 1.82) is 0 Å². The highest BCUT2D eigenvalue weighted by Gasteiger charge is 2.09. The van der Waals surface area contributed by atoms with E-state index in [0.717, 1.165) is 12.0 Å². The summed E-state index contributed by atoms with van der Waals surface area (Å²) < 4.78 is 0. The van der Waals surface area contributed by atoms with Crippen molar-refractivity contribution in [2.45, 2.75) is 52.1 Å². The first-order valence-electron chi connectivity index (χ1n) is 6.84. The molecule has 0 aliphatic heterocycles. The van der Waals surface area contributed by atoms with Crippen molar-refractivity contribution in [2.75, 3.05) is 0 Å². The minimum absolute atomic E-state index is 0.0519. The monoisotopic (exact) mass is 264 g/mol. The second-order valence-electron chi connectivity index (χ2n) is 4.77. The Hall–Kier alpha value is -1.62. The third-order valence-electron chi connectivity index (χ3n) is 3.12. The van der Waals surface area contributed by atoms with Crippen molar-refractivity contribution in [2.24, 2.45) is 10.9 Å². The van der Waals surface area contributed by atoms with Crippen LogP contribution in [0.2, 0.25) is 0 Å². The van der Waals surface area contributed by atoms with Crippen molar-refractivity contribution in [3.63, 3.8) is 0 Å². The number of aromatic nitrogens is 1. The Morgan fingerprint density at radius 3 is 3.00 bits per heavy atom. The number of oxime groups is 1. The molecule has 0 spiro atoms. The summed E-state index contributed by atoms with van der Waals surface area (Å²) in [6.07, 6.45) is 6.55. The van der Waals surface area contributed by atoms with Gasteiger partial charge < -0.3 is 16.3 Å². The molecule has 1 aromatic rings. The predicted molar refractivity (Wildman–Crippen MR) is 77.2 cm³/mol. The van der Waals surface area contributed by atoms with Gasteiger partial charge in [0.1, 0.15) is 5.69 Å². The molecule has 0 aliphatic rings. The zero-order valence-electron chi connectivity index (χ0n) is 11.8. The van der Waals surface area contributed by atoms with E-state index >= 15 is 0 Å². The van der Waals surface area contributed by atoms with Gasteiger partial charge in [0.15, 0.2) is 5.84 Å². The summed E-state index contributed by atoms with van der Waals surface area (Å²) in [5.74, 6) is 0.0519. The lowest BCUT2D eigenvalue weighted by Gasteiger charge is -2.14. The molecule has 5 heteroatoms. The fraction of sp³-hybridized carbons (Fsp3) is 0.571. The van der Waals surface area contributed by atoms with Gasteiger partial charge in [0.25, 0.3) is 0 Å². The molecule has 1 atom stereocenters. The highest BCUT2D eigenvalue weighted by molar-refractivity contribution is 5.96. The number of nitrogens with zero attached hydrogens (tertiary/aromatic N) is 2. The molecule has 19 heavy (non-hydrogen) atoms. The summed E-state index contributed by atoms with van der Waals surface area (Å²) in [7, 11) is 0. The van der Waals surface area contributed by atoms with E-state index < -0.39 is 0 Å². The molecule has 0 saturated heterocycles. The lowest BCUT2D eigenvalue weighted by Crippen LogP contribution is -2.27. The topological polar surface area (TPSA) is 83.5 Å². The van der Waals surface area contributed by atoms with E-state index in [1.165, 1.54) is 19.3 Å². The molecule has 0 amide bonds. The van der Waals surface area contributed by atoms with E-state index in [1.807, 2.05) is 12.1 Å². The molecular weight excluding hydrogens is 240 g/mol. The Kier molecular flexibility index (Phi) is 6.89. The number of hydrogen-bond acceptors (Lipinski definition) is 4. The van der Waals surface area contributed by atoms with Gasteiger partial charge in [0, 0.05) is 18.8 Å². The summed E-state index contributed by atoms with van der Waals surface area (Å²) in [5, 5.41) is 15.2. The maximum Gasteiger partial charge on any atom is 0.189 e. The summed E-state index contributed by atoms with van der Waals surface area (Å²) in [4.78, 5) is 4.15. The lowest BCUT2D eigenvalue weighted by atomic mass is 10.1. The SMILES string of the molecule is CCCCCC(C)NCc1cccnc1C(N)=NO. The number of nitrogens with two attached hydrogens (primary N) is 1. The Bertz CT molecular complexity index is 406. The van der Waals surface area contributed by atoms with Crippen LogP contribution in [0, 0.1) is 0 Å². The molecule has 0 radical (unpaired) electrons. The number of unbranched alkanes of at least 4 members (excludes halogenated alkanes) is 2. The predicted octanol–water partition coefficient (Wildman–Crippen LogP) is 2.23. The van der Waals surface area contributed by atoms with Gasteiger partial charge in [-0.15, -0.1) is 0 Å². The number of rotatable bonds is 8. The minimum atomic E-state index is 0.0519. The summed E-state index contributed by atoms with van der Waals surface area (Å²) in [6, 6.07) is 4.24. The second kappa shape index (κ2) is 8.48. The van der Waals surface area contributed by atoms with E-state index in [4.69, 9.17) is 10.9 Å². The van der Waals surface area contributed by atoms with Crippen LogP contribution < -0.4 is 11.1 Å². The van der Waals surface area contributed by atoms with Gasteiger partial charge in [-0.1, -0.05) is 37.4 Å². The average molecular weight is 264 g/mol. The molecule has 0 aromatic carbocycles. The van der Waals surface area contributed by atoms with Crippen LogP contribution in [0.1, 0.15) is 50.8 Å². The normalized spacial score (nSPS) is 13.5. The van der Waals surface area contributed by atoms with E-state index in [1.54, 1.807) is 6.20 Å². The molecule has 0 fully saturated rings. The Morgan fingerprint density at radius 1 is 1.53 bits per heavy atom. The van der Waals surface area contributed by atoms with Gasteiger partial charge in [-0.2, -0.15) is 0 Å². The van der Waals surface area contributed by atoms with Crippen molar-refractivity contribution < 1.29 is 5.21 Å². The highest BCUT2D eigenvalue weighted by atomic mass is 16.4. The van der Waals surface area contributed by atoms with Crippen molar-refractivity contribution in [3.8, 4) is 0 Å². The molecule has 106 valence electrons. The fourth-order valence-corrected chi connectivity index (χ4v) is 1.95. The number of amidine groups is 1. The zero-order valence-corrected chi connectivity index (χ0v) is 11.8. The van der Waals surface area contributed by atoms with Crippen LogP contribution in [-0.2, 0) is 6.54 Å². The van der Waals surface area contributed by atoms with Gasteiger partial charge in [-0.25, -0.2) is 0 Å². The largest absolute Gasteiger partial charge is 0.409 e. The van der Waals surface area contributed by atoms with Crippen LogP contribution >= 0.6 is 0 Å². The lowest BCUT2D eigenvalue weighted by molar-refractivity contribution is 0.318. The fourth-order valence-electron chi connectivity index (χ4n) is 1.95. The first-order chi connectivity index (χ1) is 9.19. The van der Waals surface area contributed by atoms with Crippen LogP contribution in [-0.4, -0.2) is 22.1 Å². The molecule has 1 rings (SSSR count). The van der Waals surface area contributed by atoms with E-state index in [-0.39, 0.29) is 5.84 Å². The van der Waals surface area contributed by atoms with Gasteiger partial charge in [0.05, 0.1) is 0 Å². The summed E-state index contributed by atoms with van der Waals surface area (Å²) in [5.41, 5.74) is 7.09. The maximum atomic E-state index is 8.74. The van der Waals surface area contributed by atoms with Gasteiger partial charge in [-0.05, 0) is 25.0 Å². The molecule has 1 heterocycles. The third-order valence-corrected chi connectivity index (χ3v) is 3.12. The van der Waals surface area contributed by atoms with E-state index in [2.05, 4.69) is 29.3 Å². The van der Waals surface area contributed by atoms with Crippen molar-refractivity contribution in [3.05, 3.63) is 29.6 Å². The average Bonchev–Trinajstić information content (AvgIpc) is 2.45. The van der Waals surface area contributed by atoms with Gasteiger partial charge in [0.2, 0.25) is 0 Å². The Labute approximate surface area is 114 Å². The molecule has 0 saturated carbocycles. The van der Waals surface area contributed by atoms with Crippen molar-refractivity contribution in [1.82, 2.24) is 10.3 Å². The zero-order chi connectivity index (χ0) is 14.1. The van der Waals surface area contributed by atoms with E-state index in [9.17, 15) is 0 Å². The molecule has 0 aliphatic carbocycles. The Morgan fingerprint density at radius 2 is 2.32 bits per heavy atom. The number of pyridine rings is 1. The standard InChI is InChI=1S/C14H24N4O/c1-3-4-5-7-11(2)17-10-12-8-6-9-16-13(12)14(15)18-19/h6,8-9,11,17,19H,3-5,7,10H2,1-2H3,(H2,15,18). The second-order valence-corrected chi connectivity index (χ2v) is 4.77. The maximum absolute atomic E-state index is 8.74. The quantitative estimate of drug-likeness (QED) is 0.221. The number of nitrogens with one attached hydrogen (secondary N) is 1. The van der Waals surface area contributed by atoms with Crippen molar-refractivity contribution >= 4 is 5.84 Å². The van der Waals surface area contributed by atoms with Crippen LogP contribution in [0.5, 0.6) is 0 Å². The van der Waals surface area contributed by atoms with Gasteiger partial charge in [-0.3, -0.25) is 4.98 Å². The van der Waals surface area contributed by atoms with Crippen LogP contribution in [0.3, 0.4) is 0 Å². The minimum Gasteiger partial charge on any atom is -0.409 e. The number of hydrogen-bond donors (Lipinski definition) is 3. The molecule has 1 aromatic heterocycles. The molecular formula is C14H24N4O. The molecule has 4 N–H and O–H groups in total. The third kappa shape index (κ3) is 5.26. The van der Waals surface area contributed by atoms with E-state index in [0.29, 0.717) is 18.3 Å². The summed E-state index contributed by atoms with van der Waals surface area (Å²) >= 11 is 0. The molecule has 5 nitrogen and oxygen atoms in total. The smallest absolute Gasteiger partial charge is 0.189 e.